The van der Waals surface area contributed by atoms with Crippen LogP contribution in [0.15, 0.2) is 5.10 Å². The molecule has 0 aromatic rings. The van der Waals surface area contributed by atoms with E-state index < -0.39 is 17.5 Å². The van der Waals surface area contributed by atoms with Crippen LogP contribution in [0.5, 0.6) is 0 Å². The molecule has 0 aromatic heterocycles. The first kappa shape index (κ1) is 16.3. The molecule has 0 aliphatic rings. The number of hydrogen-bond donors (Lipinski definition) is 1. The molecular formula is C12H25F2N3. The molecule has 0 bridgehead atoms. The Balaban J connectivity index is 5.71. The van der Waals surface area contributed by atoms with Gasteiger partial charge in [-0.15, -0.1) is 0 Å². The molecule has 0 aliphatic carbocycles. The van der Waals surface area contributed by atoms with E-state index >= 15 is 0 Å². The molecule has 102 valence electrons. The summed E-state index contributed by atoms with van der Waals surface area (Å²) in [6.07, 6.45) is 0.757. The zero-order valence-electron chi connectivity index (χ0n) is 11.5. The van der Waals surface area contributed by atoms with Gasteiger partial charge in [0.1, 0.15) is 0 Å². The fourth-order valence-corrected chi connectivity index (χ4v) is 2.61. The van der Waals surface area contributed by atoms with Crippen LogP contribution in [0.1, 0.15) is 41.0 Å². The van der Waals surface area contributed by atoms with Crippen molar-refractivity contribution in [3.8, 4) is 0 Å². The van der Waals surface area contributed by atoms with E-state index in [2.05, 4.69) is 11.8 Å². The summed E-state index contributed by atoms with van der Waals surface area (Å²) in [5.74, 6) is -0.00741. The van der Waals surface area contributed by atoms with Crippen molar-refractivity contribution in [2.75, 3.05) is 6.54 Å². The van der Waals surface area contributed by atoms with Crippen LogP contribution in [-0.2, 0) is 0 Å². The van der Waals surface area contributed by atoms with Crippen molar-refractivity contribution in [1.29, 1.82) is 0 Å². The number of rotatable bonds is 6. The normalized spacial score (nSPS) is 17.7. The van der Waals surface area contributed by atoms with Gasteiger partial charge in [0.15, 0.2) is 0 Å². The quantitative estimate of drug-likeness (QED) is 0.447. The first-order valence-electron chi connectivity index (χ1n) is 5.93. The van der Waals surface area contributed by atoms with Crippen molar-refractivity contribution in [1.82, 2.24) is 5.01 Å². The maximum absolute atomic E-state index is 13.1. The maximum Gasteiger partial charge on any atom is 0.330 e. The van der Waals surface area contributed by atoms with Crippen molar-refractivity contribution in [2.45, 2.75) is 53.1 Å². The van der Waals surface area contributed by atoms with Crippen LogP contribution in [0.25, 0.3) is 0 Å². The maximum atomic E-state index is 13.1. The van der Waals surface area contributed by atoms with Crippen molar-refractivity contribution in [3.05, 3.63) is 0 Å². The van der Waals surface area contributed by atoms with Gasteiger partial charge in [-0.25, -0.2) is 5.01 Å². The second kappa shape index (κ2) is 5.76. The predicted octanol–water partition coefficient (Wildman–Crippen LogP) is 2.92. The molecule has 0 saturated carbocycles. The Morgan fingerprint density at radius 1 is 1.35 bits per heavy atom. The molecule has 0 heterocycles. The van der Waals surface area contributed by atoms with Crippen molar-refractivity contribution >= 4 is 6.72 Å². The summed E-state index contributed by atoms with van der Waals surface area (Å²) in [4.78, 5) is 0. The van der Waals surface area contributed by atoms with Gasteiger partial charge in [-0.3, -0.25) is 0 Å². The van der Waals surface area contributed by atoms with E-state index in [0.717, 1.165) is 11.4 Å². The summed E-state index contributed by atoms with van der Waals surface area (Å²) in [6.45, 7) is 10.3. The number of halogens is 2. The highest BCUT2D eigenvalue weighted by Gasteiger charge is 2.51. The SMILES string of the molecule is C=NN(C(F)F)[C@](CN)([C@@H](C)CC)C(C)(C)C. The van der Waals surface area contributed by atoms with Crippen LogP contribution in [0.2, 0.25) is 0 Å². The van der Waals surface area contributed by atoms with Crippen LogP contribution in [0.3, 0.4) is 0 Å². The molecule has 0 amide bonds. The van der Waals surface area contributed by atoms with Crippen LogP contribution >= 0.6 is 0 Å². The lowest BCUT2D eigenvalue weighted by Crippen LogP contribution is -2.64. The third-order valence-corrected chi connectivity index (χ3v) is 3.78. The van der Waals surface area contributed by atoms with E-state index in [9.17, 15) is 8.78 Å². The third kappa shape index (κ3) is 2.76. The van der Waals surface area contributed by atoms with Crippen molar-refractivity contribution in [3.63, 3.8) is 0 Å². The Labute approximate surface area is 103 Å². The molecule has 0 radical (unpaired) electrons. The molecule has 2 N–H and O–H groups in total. The topological polar surface area (TPSA) is 41.6 Å². The third-order valence-electron chi connectivity index (χ3n) is 3.78. The number of hydrogen-bond acceptors (Lipinski definition) is 3. The second-order valence-electron chi connectivity index (χ2n) is 5.45. The molecule has 0 aromatic carbocycles. The molecule has 2 atom stereocenters. The zero-order valence-corrected chi connectivity index (χ0v) is 11.5. The van der Waals surface area contributed by atoms with Gasteiger partial charge < -0.3 is 5.73 Å². The van der Waals surface area contributed by atoms with Crippen molar-refractivity contribution < 1.29 is 8.78 Å². The molecule has 0 unspecified atom stereocenters. The van der Waals surface area contributed by atoms with Crippen LogP contribution in [0.4, 0.5) is 8.78 Å². The highest BCUT2D eigenvalue weighted by Crippen LogP contribution is 2.43. The van der Waals surface area contributed by atoms with Gasteiger partial charge in [-0.1, -0.05) is 41.0 Å². The number of hydrazone groups is 1. The average Bonchev–Trinajstić information content (AvgIpc) is 2.22. The summed E-state index contributed by atoms with van der Waals surface area (Å²) in [7, 11) is 0. The highest BCUT2D eigenvalue weighted by molar-refractivity contribution is 5.23. The Bertz CT molecular complexity index is 251. The first-order chi connectivity index (χ1) is 7.68. The average molecular weight is 249 g/mol. The minimum atomic E-state index is -2.69. The summed E-state index contributed by atoms with van der Waals surface area (Å²) < 4.78 is 26.3. The minimum absolute atomic E-state index is 0.00741. The zero-order chi connectivity index (χ0) is 13.9. The van der Waals surface area contributed by atoms with Gasteiger partial charge >= 0.3 is 6.55 Å². The van der Waals surface area contributed by atoms with E-state index in [1.165, 1.54) is 0 Å². The standard InChI is InChI=1S/C12H25F2N3/c1-7-9(2)12(8-15,11(3,4)5)17(16-6)10(13)14/h9-10H,6-8,15H2,1-5H3/t9-,12+/m0/s1. The summed E-state index contributed by atoms with van der Waals surface area (Å²) in [5, 5.41) is 4.30. The second-order valence-corrected chi connectivity index (χ2v) is 5.45. The molecule has 0 saturated heterocycles. The largest absolute Gasteiger partial charge is 0.330 e. The highest BCUT2D eigenvalue weighted by atomic mass is 19.3. The van der Waals surface area contributed by atoms with E-state index in [4.69, 9.17) is 5.73 Å². The molecule has 5 heteroatoms. The van der Waals surface area contributed by atoms with E-state index in [1.807, 2.05) is 34.6 Å². The number of nitrogens with two attached hydrogens (primary N) is 1. The van der Waals surface area contributed by atoms with Crippen LogP contribution < -0.4 is 5.73 Å². The fraction of sp³-hybridized carbons (Fsp3) is 0.917. The van der Waals surface area contributed by atoms with Crippen LogP contribution in [-0.4, -0.2) is 30.4 Å². The first-order valence-corrected chi connectivity index (χ1v) is 5.93. The molecule has 0 rings (SSSR count). The van der Waals surface area contributed by atoms with E-state index in [0.29, 0.717) is 0 Å². The van der Waals surface area contributed by atoms with Gasteiger partial charge in [0.25, 0.3) is 0 Å². The van der Waals surface area contributed by atoms with E-state index in [-0.39, 0.29) is 12.5 Å². The molecule has 0 fully saturated rings. The number of nitrogens with zero attached hydrogens (tertiary/aromatic N) is 2. The minimum Gasteiger partial charge on any atom is -0.328 e. The number of alkyl halides is 2. The lowest BCUT2D eigenvalue weighted by Gasteiger charge is -2.53. The smallest absolute Gasteiger partial charge is 0.328 e. The fourth-order valence-electron chi connectivity index (χ4n) is 2.61. The molecule has 17 heavy (non-hydrogen) atoms. The van der Waals surface area contributed by atoms with Crippen molar-refractivity contribution in [2.24, 2.45) is 22.2 Å². The molecular weight excluding hydrogens is 224 g/mol. The van der Waals surface area contributed by atoms with Gasteiger partial charge in [0.05, 0.1) is 5.54 Å². The lowest BCUT2D eigenvalue weighted by molar-refractivity contribution is -0.150. The van der Waals surface area contributed by atoms with Gasteiger partial charge in [-0.2, -0.15) is 13.9 Å². The van der Waals surface area contributed by atoms with Gasteiger partial charge in [0.2, 0.25) is 0 Å². The van der Waals surface area contributed by atoms with Gasteiger partial charge in [-0.05, 0) is 11.3 Å². The van der Waals surface area contributed by atoms with Crippen LogP contribution in [0, 0.1) is 11.3 Å². The summed E-state index contributed by atoms with van der Waals surface area (Å²) in [5.41, 5.74) is 4.51. The molecule has 0 spiro atoms. The Hall–Kier alpha value is -0.710. The summed E-state index contributed by atoms with van der Waals surface area (Å²) >= 11 is 0. The predicted molar refractivity (Wildman–Crippen MR) is 68.1 cm³/mol. The van der Waals surface area contributed by atoms with E-state index in [1.54, 1.807) is 0 Å². The Kier molecular flexibility index (Phi) is 5.52. The Morgan fingerprint density at radius 3 is 2.00 bits per heavy atom. The lowest BCUT2D eigenvalue weighted by atomic mass is 9.65. The molecule has 0 aliphatic heterocycles. The molecule has 3 nitrogen and oxygen atoms in total. The monoisotopic (exact) mass is 249 g/mol. The van der Waals surface area contributed by atoms with Gasteiger partial charge in [0, 0.05) is 13.3 Å². The Morgan fingerprint density at radius 2 is 1.82 bits per heavy atom. The summed E-state index contributed by atoms with van der Waals surface area (Å²) in [6, 6.07) is 0.